The molecule has 5 heteroatoms. The second-order valence-corrected chi connectivity index (χ2v) is 6.82. The number of thiophene rings is 1. The molecule has 0 atom stereocenters. The van der Waals surface area contributed by atoms with Gasteiger partial charge in [-0.25, -0.2) is 4.98 Å². The molecule has 0 saturated carbocycles. The molecule has 1 saturated heterocycles. The topological polar surface area (TPSA) is 49.2 Å². The number of hydrogen-bond acceptors (Lipinski definition) is 5. The Bertz CT molecular complexity index is 726. The molecule has 0 aromatic carbocycles. The lowest BCUT2D eigenvalue weighted by Gasteiger charge is -2.44. The molecule has 112 valence electrons. The average molecular weight is 311 g/mol. The molecular weight excluding hydrogens is 294 g/mol. The van der Waals surface area contributed by atoms with Crippen LogP contribution in [0.15, 0.2) is 29.8 Å². The molecule has 0 bridgehead atoms. The summed E-state index contributed by atoms with van der Waals surface area (Å²) in [6.45, 7) is 2.57. The number of ether oxygens (including phenoxy) is 1. The van der Waals surface area contributed by atoms with Gasteiger partial charge in [-0.05, 0) is 42.0 Å². The van der Waals surface area contributed by atoms with Crippen molar-refractivity contribution in [3.8, 4) is 6.07 Å². The SMILES string of the molecule is N#Cc1cccnc1N1CCC2(CC1)OCCc1sccc12. The lowest BCUT2D eigenvalue weighted by molar-refractivity contribution is -0.0757. The van der Waals surface area contributed by atoms with Gasteiger partial charge in [0.1, 0.15) is 11.9 Å². The summed E-state index contributed by atoms with van der Waals surface area (Å²) in [6.07, 6.45) is 4.71. The van der Waals surface area contributed by atoms with Crippen molar-refractivity contribution in [2.45, 2.75) is 24.9 Å². The Balaban J connectivity index is 1.58. The molecule has 0 radical (unpaired) electrons. The van der Waals surface area contributed by atoms with E-state index in [1.54, 1.807) is 6.20 Å². The third-order valence-corrected chi connectivity index (χ3v) is 5.70. The molecule has 4 rings (SSSR count). The van der Waals surface area contributed by atoms with Crippen molar-refractivity contribution in [1.82, 2.24) is 4.98 Å². The Morgan fingerprint density at radius 3 is 3.00 bits per heavy atom. The van der Waals surface area contributed by atoms with E-state index in [4.69, 9.17) is 4.74 Å². The Hall–Kier alpha value is -1.90. The lowest BCUT2D eigenvalue weighted by atomic mass is 9.82. The van der Waals surface area contributed by atoms with Gasteiger partial charge in [-0.1, -0.05) is 0 Å². The average Bonchev–Trinajstić information content (AvgIpc) is 3.06. The standard InChI is InChI=1S/C17H17N3OS/c18-12-13-2-1-7-19-16(13)20-8-5-17(6-9-20)14-4-11-22-15(14)3-10-21-17/h1-2,4,7,11H,3,5-6,8-10H2. The summed E-state index contributed by atoms with van der Waals surface area (Å²) in [4.78, 5) is 8.10. The minimum atomic E-state index is -0.119. The Morgan fingerprint density at radius 2 is 2.18 bits per heavy atom. The molecule has 0 amide bonds. The van der Waals surface area contributed by atoms with Crippen molar-refractivity contribution in [3.05, 3.63) is 45.8 Å². The highest BCUT2D eigenvalue weighted by molar-refractivity contribution is 7.10. The molecule has 22 heavy (non-hydrogen) atoms. The van der Waals surface area contributed by atoms with Crippen LogP contribution in [0.5, 0.6) is 0 Å². The third kappa shape index (κ3) is 2.11. The summed E-state index contributed by atoms with van der Waals surface area (Å²) in [5.74, 6) is 0.807. The van der Waals surface area contributed by atoms with Crippen LogP contribution in [0.4, 0.5) is 5.82 Å². The number of aromatic nitrogens is 1. The first-order valence-corrected chi connectivity index (χ1v) is 8.51. The highest BCUT2D eigenvalue weighted by Gasteiger charge is 2.41. The zero-order valence-electron chi connectivity index (χ0n) is 12.3. The zero-order valence-corrected chi connectivity index (χ0v) is 13.1. The fourth-order valence-corrected chi connectivity index (χ4v) is 4.54. The number of nitrogens with zero attached hydrogens (tertiary/aromatic N) is 3. The highest BCUT2D eigenvalue weighted by atomic mass is 32.1. The number of fused-ring (bicyclic) bond motifs is 2. The molecule has 4 heterocycles. The largest absolute Gasteiger partial charge is 0.370 e. The Morgan fingerprint density at radius 1 is 1.32 bits per heavy atom. The van der Waals surface area contributed by atoms with Gasteiger partial charge in [-0.15, -0.1) is 11.3 Å². The highest BCUT2D eigenvalue weighted by Crippen LogP contribution is 2.43. The molecule has 2 aromatic rings. The van der Waals surface area contributed by atoms with Gasteiger partial charge in [0.15, 0.2) is 0 Å². The van der Waals surface area contributed by atoms with Crippen LogP contribution in [0, 0.1) is 11.3 Å². The van der Waals surface area contributed by atoms with Crippen LogP contribution in [0.2, 0.25) is 0 Å². The molecule has 2 aliphatic heterocycles. The molecule has 1 spiro atoms. The Kier molecular flexibility index (Phi) is 3.36. The molecule has 0 N–H and O–H groups in total. The van der Waals surface area contributed by atoms with Crippen LogP contribution < -0.4 is 4.90 Å². The van der Waals surface area contributed by atoms with E-state index in [2.05, 4.69) is 27.4 Å². The number of anilines is 1. The van der Waals surface area contributed by atoms with Crippen LogP contribution in [0.25, 0.3) is 0 Å². The van der Waals surface area contributed by atoms with Crippen molar-refractivity contribution in [2.24, 2.45) is 0 Å². The van der Waals surface area contributed by atoms with Gasteiger partial charge in [0.25, 0.3) is 0 Å². The summed E-state index contributed by atoms with van der Waals surface area (Å²) in [5.41, 5.74) is 1.93. The summed E-state index contributed by atoms with van der Waals surface area (Å²) in [7, 11) is 0. The number of nitriles is 1. The maximum Gasteiger partial charge on any atom is 0.146 e. The van der Waals surface area contributed by atoms with E-state index in [0.29, 0.717) is 5.56 Å². The van der Waals surface area contributed by atoms with Crippen LogP contribution in [0.1, 0.15) is 28.8 Å². The number of piperidine rings is 1. The first kappa shape index (κ1) is 13.7. The smallest absolute Gasteiger partial charge is 0.146 e. The fourth-order valence-electron chi connectivity index (χ4n) is 3.59. The summed E-state index contributed by atoms with van der Waals surface area (Å²) >= 11 is 1.85. The van der Waals surface area contributed by atoms with Gasteiger partial charge in [-0.2, -0.15) is 5.26 Å². The number of rotatable bonds is 1. The second kappa shape index (κ2) is 5.38. The van der Waals surface area contributed by atoms with Gasteiger partial charge in [-0.3, -0.25) is 0 Å². The summed E-state index contributed by atoms with van der Waals surface area (Å²) in [6, 6.07) is 8.12. The van der Waals surface area contributed by atoms with E-state index in [1.807, 2.05) is 23.5 Å². The van der Waals surface area contributed by atoms with Gasteiger partial charge < -0.3 is 9.64 Å². The molecular formula is C17H17N3OS. The number of pyridine rings is 1. The van der Waals surface area contributed by atoms with E-state index in [1.165, 1.54) is 10.4 Å². The first-order valence-electron chi connectivity index (χ1n) is 7.63. The van der Waals surface area contributed by atoms with Crippen molar-refractivity contribution in [2.75, 3.05) is 24.6 Å². The van der Waals surface area contributed by atoms with Crippen molar-refractivity contribution in [1.29, 1.82) is 5.26 Å². The first-order chi connectivity index (χ1) is 10.8. The van der Waals surface area contributed by atoms with E-state index >= 15 is 0 Å². The minimum absolute atomic E-state index is 0.119. The predicted molar refractivity (Wildman–Crippen MR) is 86.1 cm³/mol. The van der Waals surface area contributed by atoms with Gasteiger partial charge in [0.05, 0.1) is 17.8 Å². The molecule has 2 aliphatic rings. The fraction of sp³-hybridized carbons (Fsp3) is 0.412. The minimum Gasteiger partial charge on any atom is -0.370 e. The van der Waals surface area contributed by atoms with Crippen molar-refractivity contribution >= 4 is 17.2 Å². The molecule has 0 unspecified atom stereocenters. The second-order valence-electron chi connectivity index (χ2n) is 5.82. The van der Waals surface area contributed by atoms with Crippen molar-refractivity contribution in [3.63, 3.8) is 0 Å². The quantitative estimate of drug-likeness (QED) is 0.812. The third-order valence-electron chi connectivity index (χ3n) is 4.72. The van der Waals surface area contributed by atoms with Crippen molar-refractivity contribution < 1.29 is 4.74 Å². The lowest BCUT2D eigenvalue weighted by Crippen LogP contribution is -2.46. The van der Waals surface area contributed by atoms with Crippen LogP contribution >= 0.6 is 11.3 Å². The summed E-state index contributed by atoms with van der Waals surface area (Å²) < 4.78 is 6.23. The molecule has 0 aliphatic carbocycles. The zero-order chi connectivity index (χ0) is 15.0. The van der Waals surface area contributed by atoms with Crippen LogP contribution in [-0.2, 0) is 16.8 Å². The summed E-state index contributed by atoms with van der Waals surface area (Å²) in [5, 5.41) is 11.4. The van der Waals surface area contributed by atoms with E-state index in [0.717, 1.165) is 44.8 Å². The Labute approximate surface area is 134 Å². The van der Waals surface area contributed by atoms with Crippen LogP contribution in [0.3, 0.4) is 0 Å². The molecule has 4 nitrogen and oxygen atoms in total. The monoisotopic (exact) mass is 311 g/mol. The number of hydrogen-bond donors (Lipinski definition) is 0. The van der Waals surface area contributed by atoms with Gasteiger partial charge in [0.2, 0.25) is 0 Å². The van der Waals surface area contributed by atoms with Crippen LogP contribution in [-0.4, -0.2) is 24.7 Å². The molecule has 2 aromatic heterocycles. The van der Waals surface area contributed by atoms with Gasteiger partial charge in [0, 0.05) is 30.6 Å². The predicted octanol–water partition coefficient (Wildman–Crippen LogP) is 3.08. The maximum atomic E-state index is 9.25. The van der Waals surface area contributed by atoms with Gasteiger partial charge >= 0.3 is 0 Å². The maximum absolute atomic E-state index is 9.25. The van der Waals surface area contributed by atoms with E-state index in [-0.39, 0.29) is 5.60 Å². The van der Waals surface area contributed by atoms with E-state index < -0.39 is 0 Å². The normalized spacial score (nSPS) is 19.7. The molecule has 1 fully saturated rings. The van der Waals surface area contributed by atoms with E-state index in [9.17, 15) is 5.26 Å².